The number of nitrogens with one attached hydrogen (secondary N) is 1. The van der Waals surface area contributed by atoms with Crippen LogP contribution in [0.4, 0.5) is 4.39 Å². The van der Waals surface area contributed by atoms with Crippen molar-refractivity contribution in [2.24, 2.45) is 5.92 Å². The number of halogens is 1. The highest BCUT2D eigenvalue weighted by molar-refractivity contribution is 5.94. The quantitative estimate of drug-likeness (QED) is 0.880. The predicted molar refractivity (Wildman–Crippen MR) is 103 cm³/mol. The standard InChI is InChI=1S/C22H25FN2O2/c1-16-3-2-4-19(15-16)22(27)25-13-10-18(11-14-25)21(26)24-12-9-17-5-7-20(23)8-6-17/h2-8,15,18H,9-14H2,1H3,(H,24,26). The summed E-state index contributed by atoms with van der Waals surface area (Å²) in [6.07, 6.45) is 2.04. The Labute approximate surface area is 159 Å². The molecule has 5 heteroatoms. The number of hydrogen-bond donors (Lipinski definition) is 1. The highest BCUT2D eigenvalue weighted by Crippen LogP contribution is 2.19. The average molecular weight is 368 g/mol. The minimum atomic E-state index is -0.255. The first kappa shape index (κ1) is 19.1. The van der Waals surface area contributed by atoms with Gasteiger partial charge >= 0.3 is 0 Å². The van der Waals surface area contributed by atoms with Crippen molar-refractivity contribution >= 4 is 11.8 Å². The molecule has 1 N–H and O–H groups in total. The topological polar surface area (TPSA) is 49.4 Å². The Balaban J connectivity index is 1.43. The van der Waals surface area contributed by atoms with E-state index in [1.54, 1.807) is 12.1 Å². The van der Waals surface area contributed by atoms with E-state index in [0.29, 0.717) is 44.5 Å². The van der Waals surface area contributed by atoms with Gasteiger partial charge < -0.3 is 10.2 Å². The van der Waals surface area contributed by atoms with Gasteiger partial charge in [0.05, 0.1) is 0 Å². The lowest BCUT2D eigenvalue weighted by atomic mass is 9.95. The number of likely N-dealkylation sites (tertiary alicyclic amines) is 1. The summed E-state index contributed by atoms with van der Waals surface area (Å²) in [7, 11) is 0. The van der Waals surface area contributed by atoms with Crippen LogP contribution in [0.25, 0.3) is 0 Å². The normalized spacial score (nSPS) is 14.8. The maximum Gasteiger partial charge on any atom is 0.253 e. The maximum absolute atomic E-state index is 12.9. The van der Waals surface area contributed by atoms with Crippen molar-refractivity contribution < 1.29 is 14.0 Å². The Kier molecular flexibility index (Phi) is 6.22. The van der Waals surface area contributed by atoms with Gasteiger partial charge in [0.2, 0.25) is 5.91 Å². The summed E-state index contributed by atoms with van der Waals surface area (Å²) in [6, 6.07) is 13.9. The van der Waals surface area contributed by atoms with Crippen LogP contribution in [0.5, 0.6) is 0 Å². The molecule has 2 aromatic carbocycles. The van der Waals surface area contributed by atoms with Gasteiger partial charge in [-0.1, -0.05) is 29.8 Å². The molecule has 3 rings (SSSR count). The molecule has 0 unspecified atom stereocenters. The SMILES string of the molecule is Cc1cccc(C(=O)N2CCC(C(=O)NCCc3ccc(F)cc3)CC2)c1. The third kappa shape index (κ3) is 5.16. The summed E-state index contributed by atoms with van der Waals surface area (Å²) >= 11 is 0. The first-order chi connectivity index (χ1) is 13.0. The molecule has 1 aliphatic rings. The van der Waals surface area contributed by atoms with E-state index >= 15 is 0 Å². The van der Waals surface area contributed by atoms with Crippen LogP contribution in [0.15, 0.2) is 48.5 Å². The van der Waals surface area contributed by atoms with Crippen LogP contribution < -0.4 is 5.32 Å². The number of rotatable bonds is 5. The summed E-state index contributed by atoms with van der Waals surface area (Å²) in [5.41, 5.74) is 2.77. The molecule has 2 aromatic rings. The van der Waals surface area contributed by atoms with Crippen molar-refractivity contribution in [3.05, 3.63) is 71.0 Å². The molecule has 4 nitrogen and oxygen atoms in total. The van der Waals surface area contributed by atoms with Crippen molar-refractivity contribution in [3.63, 3.8) is 0 Å². The number of carbonyl (C=O) groups is 2. The van der Waals surface area contributed by atoms with Crippen LogP contribution in [0, 0.1) is 18.7 Å². The monoisotopic (exact) mass is 368 g/mol. The molecule has 0 bridgehead atoms. The number of nitrogens with zero attached hydrogens (tertiary/aromatic N) is 1. The minimum Gasteiger partial charge on any atom is -0.356 e. The molecule has 2 amide bonds. The van der Waals surface area contributed by atoms with Gasteiger partial charge in [-0.05, 0) is 56.0 Å². The molecular formula is C22H25FN2O2. The van der Waals surface area contributed by atoms with Crippen LogP contribution in [-0.2, 0) is 11.2 Å². The van der Waals surface area contributed by atoms with E-state index < -0.39 is 0 Å². The third-order valence-electron chi connectivity index (χ3n) is 5.04. The smallest absolute Gasteiger partial charge is 0.253 e. The highest BCUT2D eigenvalue weighted by atomic mass is 19.1. The Morgan fingerprint density at radius 1 is 1.11 bits per heavy atom. The molecule has 0 spiro atoms. The second-order valence-corrected chi connectivity index (χ2v) is 7.10. The van der Waals surface area contributed by atoms with E-state index in [0.717, 1.165) is 11.1 Å². The first-order valence-electron chi connectivity index (χ1n) is 9.41. The third-order valence-corrected chi connectivity index (χ3v) is 5.04. The molecule has 0 saturated carbocycles. The van der Waals surface area contributed by atoms with Crippen LogP contribution in [-0.4, -0.2) is 36.3 Å². The van der Waals surface area contributed by atoms with Gasteiger partial charge in [0.1, 0.15) is 5.82 Å². The Morgan fingerprint density at radius 2 is 1.81 bits per heavy atom. The molecule has 0 aliphatic carbocycles. The fourth-order valence-corrected chi connectivity index (χ4v) is 3.43. The van der Waals surface area contributed by atoms with Crippen molar-refractivity contribution in [3.8, 4) is 0 Å². The van der Waals surface area contributed by atoms with Crippen molar-refractivity contribution in [2.45, 2.75) is 26.2 Å². The zero-order valence-electron chi connectivity index (χ0n) is 15.6. The Bertz CT molecular complexity index is 796. The molecule has 27 heavy (non-hydrogen) atoms. The second-order valence-electron chi connectivity index (χ2n) is 7.10. The van der Waals surface area contributed by atoms with Gasteiger partial charge in [0.15, 0.2) is 0 Å². The number of aryl methyl sites for hydroxylation is 1. The molecule has 1 aliphatic heterocycles. The van der Waals surface area contributed by atoms with Gasteiger partial charge in [-0.25, -0.2) is 4.39 Å². The van der Waals surface area contributed by atoms with Crippen LogP contribution in [0.2, 0.25) is 0 Å². The number of carbonyl (C=O) groups excluding carboxylic acids is 2. The predicted octanol–water partition coefficient (Wildman–Crippen LogP) is 3.35. The minimum absolute atomic E-state index is 0.0360. The lowest BCUT2D eigenvalue weighted by Gasteiger charge is -2.31. The second kappa shape index (κ2) is 8.80. The van der Waals surface area contributed by atoms with Gasteiger partial charge in [-0.2, -0.15) is 0 Å². The summed E-state index contributed by atoms with van der Waals surface area (Å²) in [6.45, 7) is 3.71. The Morgan fingerprint density at radius 3 is 2.48 bits per heavy atom. The maximum atomic E-state index is 12.9. The first-order valence-corrected chi connectivity index (χ1v) is 9.41. The van der Waals surface area contributed by atoms with E-state index in [9.17, 15) is 14.0 Å². The fraction of sp³-hybridized carbons (Fsp3) is 0.364. The zero-order valence-corrected chi connectivity index (χ0v) is 15.6. The van der Waals surface area contributed by atoms with Crippen molar-refractivity contribution in [1.82, 2.24) is 10.2 Å². The van der Waals surface area contributed by atoms with E-state index in [1.165, 1.54) is 12.1 Å². The number of piperidine rings is 1. The van der Waals surface area contributed by atoms with Gasteiger partial charge in [-0.3, -0.25) is 9.59 Å². The molecule has 0 aromatic heterocycles. The fourth-order valence-electron chi connectivity index (χ4n) is 3.43. The van der Waals surface area contributed by atoms with Crippen molar-refractivity contribution in [2.75, 3.05) is 19.6 Å². The Hall–Kier alpha value is -2.69. The summed E-state index contributed by atoms with van der Waals surface area (Å²) in [4.78, 5) is 26.8. The molecule has 1 saturated heterocycles. The zero-order chi connectivity index (χ0) is 19.2. The van der Waals surface area contributed by atoms with Crippen LogP contribution in [0.3, 0.4) is 0 Å². The molecule has 1 heterocycles. The lowest BCUT2D eigenvalue weighted by Crippen LogP contribution is -2.43. The average Bonchev–Trinajstić information content (AvgIpc) is 2.69. The van der Waals surface area contributed by atoms with Crippen LogP contribution in [0.1, 0.15) is 34.3 Å². The van der Waals surface area contributed by atoms with E-state index in [-0.39, 0.29) is 23.5 Å². The largest absolute Gasteiger partial charge is 0.356 e. The summed E-state index contributed by atoms with van der Waals surface area (Å²) < 4.78 is 12.9. The molecular weight excluding hydrogens is 343 g/mol. The summed E-state index contributed by atoms with van der Waals surface area (Å²) in [5, 5.41) is 2.96. The van der Waals surface area contributed by atoms with E-state index in [4.69, 9.17) is 0 Å². The lowest BCUT2D eigenvalue weighted by molar-refractivity contribution is -0.126. The number of amides is 2. The number of benzene rings is 2. The summed E-state index contributed by atoms with van der Waals surface area (Å²) in [5.74, 6) is -0.233. The van der Waals surface area contributed by atoms with Gasteiger partial charge in [0, 0.05) is 31.1 Å². The van der Waals surface area contributed by atoms with Crippen molar-refractivity contribution in [1.29, 1.82) is 0 Å². The van der Waals surface area contributed by atoms with E-state index in [1.807, 2.05) is 36.1 Å². The molecule has 142 valence electrons. The number of hydrogen-bond acceptors (Lipinski definition) is 2. The molecule has 0 radical (unpaired) electrons. The van der Waals surface area contributed by atoms with Crippen LogP contribution >= 0.6 is 0 Å². The highest BCUT2D eigenvalue weighted by Gasteiger charge is 2.27. The van der Waals surface area contributed by atoms with Gasteiger partial charge in [-0.15, -0.1) is 0 Å². The molecule has 1 fully saturated rings. The molecule has 0 atom stereocenters. The van der Waals surface area contributed by atoms with Gasteiger partial charge in [0.25, 0.3) is 5.91 Å². The van der Waals surface area contributed by atoms with E-state index in [2.05, 4.69) is 5.32 Å².